The molecule has 0 amide bonds. The van der Waals surface area contributed by atoms with Gasteiger partial charge in [0.1, 0.15) is 7.60 Å². The predicted octanol–water partition coefficient (Wildman–Crippen LogP) is 4.22. The fourth-order valence-electron chi connectivity index (χ4n) is 5.18. The van der Waals surface area contributed by atoms with Crippen molar-refractivity contribution < 1.29 is 43.4 Å². The second-order valence-corrected chi connectivity index (χ2v) is 17.2. The second kappa shape index (κ2) is 41.6. The Morgan fingerprint density at radius 2 is 0.521 bits per heavy atom. The molecule has 9 nitrogen and oxygen atoms in total. The van der Waals surface area contributed by atoms with E-state index in [-0.39, 0.29) is 0 Å². The van der Waals surface area contributed by atoms with E-state index in [2.05, 4.69) is 62.3 Å². The van der Waals surface area contributed by atoms with E-state index >= 15 is 0 Å². The molecule has 0 fully saturated rings. The van der Waals surface area contributed by atoms with E-state index in [1.165, 1.54) is 174 Å². The van der Waals surface area contributed by atoms with E-state index in [1.54, 1.807) is 0 Å². The van der Waals surface area contributed by atoms with Gasteiger partial charge >= 0.3 is 0 Å². The van der Waals surface area contributed by atoms with Crippen molar-refractivity contribution in [1.82, 2.24) is 0 Å². The van der Waals surface area contributed by atoms with Gasteiger partial charge in [0.05, 0.1) is 58.9 Å². The van der Waals surface area contributed by atoms with Gasteiger partial charge in [-0.3, -0.25) is 0 Å². The van der Waals surface area contributed by atoms with Crippen molar-refractivity contribution in [2.75, 3.05) is 64.8 Å². The molecule has 0 aromatic heterocycles. The molecule has 296 valence electrons. The van der Waals surface area contributed by atoms with Crippen LogP contribution in [0, 0.1) is 0 Å². The lowest BCUT2D eigenvalue weighted by Crippen LogP contribution is -3.12. The highest BCUT2D eigenvalue weighted by atomic mass is 31.2. The zero-order chi connectivity index (χ0) is 37.5. The van der Waals surface area contributed by atoms with Crippen molar-refractivity contribution in [3.63, 3.8) is 0 Å². The number of rotatable bonds is 29. The van der Waals surface area contributed by atoms with Gasteiger partial charge in [-0.1, -0.05) is 128 Å². The molecule has 0 aliphatic rings. The van der Waals surface area contributed by atoms with Crippen molar-refractivity contribution in [3.8, 4) is 0 Å². The van der Waals surface area contributed by atoms with E-state index in [0.717, 1.165) is 0 Å². The van der Waals surface area contributed by atoms with Crippen LogP contribution in [0.5, 0.6) is 0 Å². The van der Waals surface area contributed by atoms with Crippen LogP contribution in [0.3, 0.4) is 0 Å². The lowest BCUT2D eigenvalue weighted by molar-refractivity contribution is -0.900. The lowest BCUT2D eigenvalue weighted by Gasteiger charge is -2.33. The van der Waals surface area contributed by atoms with Gasteiger partial charge in [0.15, 0.2) is 0 Å². The average Bonchev–Trinajstić information content (AvgIpc) is 3.03. The average molecular weight is 732 g/mol. The zero-order valence-electron chi connectivity index (χ0n) is 33.7. The normalized spacial score (nSPS) is 12.6. The third-order valence-corrected chi connectivity index (χ3v) is 11.1. The molecule has 0 aromatic rings. The van der Waals surface area contributed by atoms with Gasteiger partial charge in [-0.05, 0) is 57.8 Å². The highest BCUT2D eigenvalue weighted by molar-refractivity contribution is 7.67. The molecule has 0 aliphatic carbocycles. The maximum atomic E-state index is 9.66. The summed E-state index contributed by atoms with van der Waals surface area (Å²) in [7, 11) is -10.0. The van der Waals surface area contributed by atoms with Crippen molar-refractivity contribution in [1.29, 1.82) is 0 Å². The molecule has 0 heterocycles. The van der Waals surface area contributed by atoms with Crippen molar-refractivity contribution >= 4 is 15.2 Å². The van der Waals surface area contributed by atoms with Gasteiger partial charge in [-0.15, -0.1) is 0 Å². The number of nitrogens with one attached hydrogen (secondary N) is 3. The summed E-state index contributed by atoms with van der Waals surface area (Å²) in [5, 5.41) is 0. The minimum Gasteiger partial charge on any atom is -0.810 e. The fourth-order valence-corrected chi connectivity index (χ4v) is 6.94. The third-order valence-electron chi connectivity index (χ3n) is 8.31. The van der Waals surface area contributed by atoms with Crippen LogP contribution in [0.2, 0.25) is 0 Å². The summed E-state index contributed by atoms with van der Waals surface area (Å²) in [5.74, 6) is -1.71. The summed E-state index contributed by atoms with van der Waals surface area (Å²) in [5.41, 5.74) is 0. The van der Waals surface area contributed by atoms with Gasteiger partial charge in [-0.2, -0.15) is 0 Å². The Labute approximate surface area is 300 Å². The van der Waals surface area contributed by atoms with Crippen molar-refractivity contribution in [2.24, 2.45) is 0 Å². The summed E-state index contributed by atoms with van der Waals surface area (Å²) in [6, 6.07) is 0. The molecule has 0 aromatic carbocycles. The van der Waals surface area contributed by atoms with Crippen LogP contribution in [0.15, 0.2) is 0 Å². The summed E-state index contributed by atoms with van der Waals surface area (Å²) in [4.78, 5) is 42.1. The molecule has 0 spiro atoms. The Hall–Kier alpha value is 0.180. The number of unbranched alkanes of at least 4 members (excludes halogenated alkanes) is 9. The van der Waals surface area contributed by atoms with Crippen LogP contribution in [0.4, 0.5) is 0 Å². The van der Waals surface area contributed by atoms with Crippen LogP contribution >= 0.6 is 15.2 Å². The standard InChI is InChI=1S/3C12H27N.CH6O6P2/c3*1-4-7-10-13(11-8-5-2)12-9-6-3;2-8(3,4)1-9(5,6)7/h3*4-12H2,1-3H3;1H2,(H2,2,3,4)(H2,5,6,7). The van der Waals surface area contributed by atoms with Gasteiger partial charge < -0.3 is 43.4 Å². The monoisotopic (exact) mass is 732 g/mol. The first-order valence-corrected chi connectivity index (χ1v) is 23.8. The molecule has 0 aliphatic heterocycles. The Morgan fingerprint density at radius 1 is 0.375 bits per heavy atom. The Bertz CT molecular complexity index is 560. The quantitative estimate of drug-likeness (QED) is 0.0852. The summed E-state index contributed by atoms with van der Waals surface area (Å²) in [6.07, 6.45) is 24.8. The van der Waals surface area contributed by atoms with Crippen molar-refractivity contribution in [3.05, 3.63) is 0 Å². The molecule has 48 heavy (non-hydrogen) atoms. The highest BCUT2D eigenvalue weighted by Crippen LogP contribution is 2.43. The second-order valence-electron chi connectivity index (χ2n) is 13.6. The third kappa shape index (κ3) is 53.0. The molecule has 0 bridgehead atoms. The SMILES string of the molecule is CCCC[NH+](CCCC)CCCC.CCCC[NH+](CCCC)CCCC.CCCC[NH+](CCCC)CCCC.O=P([O-])([O-])CP(=O)([O-])O. The van der Waals surface area contributed by atoms with Crippen LogP contribution in [0.1, 0.15) is 178 Å². The number of quaternary nitrogens is 3. The maximum absolute atomic E-state index is 9.66. The first-order chi connectivity index (χ1) is 22.7. The minimum atomic E-state index is -5.11. The Balaban J connectivity index is -0.000000271. The fraction of sp³-hybridized carbons (Fsp3) is 1.00. The van der Waals surface area contributed by atoms with E-state index < -0.39 is 21.1 Å². The summed E-state index contributed by atoms with van der Waals surface area (Å²) >= 11 is 0. The molecule has 11 heteroatoms. The van der Waals surface area contributed by atoms with Gasteiger partial charge in [0.2, 0.25) is 0 Å². The van der Waals surface area contributed by atoms with E-state index in [9.17, 15) is 23.8 Å². The molecular formula is C37H87N3O6P2. The van der Waals surface area contributed by atoms with Crippen molar-refractivity contribution in [2.45, 2.75) is 178 Å². The number of hydrogen-bond donors (Lipinski definition) is 4. The molecular weight excluding hydrogens is 644 g/mol. The van der Waals surface area contributed by atoms with Gasteiger partial charge in [0.25, 0.3) is 0 Å². The molecule has 0 saturated carbocycles. The van der Waals surface area contributed by atoms with E-state index in [4.69, 9.17) is 4.89 Å². The number of hydrogen-bond acceptors (Lipinski definition) is 5. The highest BCUT2D eigenvalue weighted by Gasteiger charge is 2.07. The first-order valence-electron chi connectivity index (χ1n) is 20.3. The molecule has 1 unspecified atom stereocenters. The molecule has 0 radical (unpaired) electrons. The molecule has 4 N–H and O–H groups in total. The smallest absolute Gasteiger partial charge is 0.137 e. The Kier molecular flexibility index (Phi) is 47.6. The van der Waals surface area contributed by atoms with E-state index in [0.29, 0.717) is 0 Å². The van der Waals surface area contributed by atoms with Crippen LogP contribution in [-0.4, -0.2) is 69.7 Å². The van der Waals surface area contributed by atoms with Crippen LogP contribution < -0.4 is 29.4 Å². The topological polar surface area (TPSA) is 137 Å². The molecule has 1 atom stereocenters. The van der Waals surface area contributed by atoms with Crippen LogP contribution in [-0.2, 0) is 9.13 Å². The molecule has 0 rings (SSSR count). The zero-order valence-corrected chi connectivity index (χ0v) is 35.5. The summed E-state index contributed by atoms with van der Waals surface area (Å²) in [6.45, 7) is 33.2. The predicted molar refractivity (Wildman–Crippen MR) is 203 cm³/mol. The molecule has 0 saturated heterocycles. The van der Waals surface area contributed by atoms with Gasteiger partial charge in [0, 0.05) is 5.90 Å². The van der Waals surface area contributed by atoms with Crippen LogP contribution in [0.25, 0.3) is 0 Å². The minimum absolute atomic E-state index is 1.35. The van der Waals surface area contributed by atoms with E-state index in [1.807, 2.05) is 14.7 Å². The lowest BCUT2D eigenvalue weighted by atomic mass is 10.2. The largest absolute Gasteiger partial charge is 0.810 e. The Morgan fingerprint density at radius 3 is 0.583 bits per heavy atom. The summed E-state index contributed by atoms with van der Waals surface area (Å²) < 4.78 is 19.2. The maximum Gasteiger partial charge on any atom is 0.137 e. The first kappa shape index (κ1) is 54.9. The van der Waals surface area contributed by atoms with Gasteiger partial charge in [-0.25, -0.2) is 0 Å².